The zero-order valence-corrected chi connectivity index (χ0v) is 17.6. The minimum absolute atomic E-state index is 0.311. The summed E-state index contributed by atoms with van der Waals surface area (Å²) in [7, 11) is 1.80. The third kappa shape index (κ3) is 4.65. The van der Waals surface area contributed by atoms with Gasteiger partial charge in [-0.3, -0.25) is 4.79 Å². The first-order valence-corrected chi connectivity index (χ1v) is 9.82. The molecule has 158 valence electrons. The van der Waals surface area contributed by atoms with E-state index in [0.29, 0.717) is 35.6 Å². The van der Waals surface area contributed by atoms with Gasteiger partial charge in [0.15, 0.2) is 5.65 Å². The lowest BCUT2D eigenvalue weighted by atomic mass is 9.97. The Bertz CT molecular complexity index is 1070. The molecule has 3 rings (SSSR count). The van der Waals surface area contributed by atoms with E-state index in [1.807, 2.05) is 26.0 Å². The zero-order valence-electron chi connectivity index (χ0n) is 17.6. The van der Waals surface area contributed by atoms with E-state index in [1.165, 1.54) is 13.1 Å². The Hall–Kier alpha value is -3.26. The van der Waals surface area contributed by atoms with Crippen molar-refractivity contribution >= 4 is 17.1 Å². The molecule has 1 aromatic carbocycles. The number of rotatable bonds is 8. The lowest BCUT2D eigenvalue weighted by molar-refractivity contribution is 0.0856. The van der Waals surface area contributed by atoms with E-state index in [-0.39, 0.29) is 5.91 Å². The first-order valence-electron chi connectivity index (χ1n) is 9.82. The van der Waals surface area contributed by atoms with Crippen LogP contribution in [0.3, 0.4) is 0 Å². The normalized spacial score (nSPS) is 13.1. The van der Waals surface area contributed by atoms with Crippen LogP contribution in [-0.2, 0) is 0 Å². The number of benzene rings is 1. The monoisotopic (exact) mass is 411 g/mol. The molecule has 8 heteroatoms. The SMILES string of the molecule is CC/C(=C(\CNC)NC(=O)c1cnn2cccnc12)c1cc(C)ccc1OC(C)F. The molecule has 2 N–H and O–H groups in total. The van der Waals surface area contributed by atoms with Crippen molar-refractivity contribution in [2.75, 3.05) is 13.6 Å². The van der Waals surface area contributed by atoms with Gasteiger partial charge >= 0.3 is 0 Å². The summed E-state index contributed by atoms with van der Waals surface area (Å²) in [6, 6.07) is 7.31. The Kier molecular flexibility index (Phi) is 6.79. The molecule has 0 saturated carbocycles. The lowest BCUT2D eigenvalue weighted by Gasteiger charge is -2.19. The maximum absolute atomic E-state index is 13.6. The quantitative estimate of drug-likeness (QED) is 0.593. The number of ether oxygens (including phenoxy) is 1. The Morgan fingerprint density at radius 2 is 2.13 bits per heavy atom. The molecule has 0 bridgehead atoms. The number of alkyl halides is 1. The van der Waals surface area contributed by atoms with Gasteiger partial charge in [-0.1, -0.05) is 18.6 Å². The fraction of sp³-hybridized carbons (Fsp3) is 0.318. The number of fused-ring (bicyclic) bond motifs is 1. The third-order valence-corrected chi connectivity index (χ3v) is 4.61. The van der Waals surface area contributed by atoms with Crippen LogP contribution in [0, 0.1) is 6.92 Å². The number of amides is 1. The van der Waals surface area contributed by atoms with Gasteiger partial charge in [0.05, 0.1) is 6.20 Å². The molecule has 0 radical (unpaired) electrons. The highest BCUT2D eigenvalue weighted by Gasteiger charge is 2.19. The zero-order chi connectivity index (χ0) is 21.7. The molecule has 3 aromatic rings. The molecule has 1 amide bonds. The van der Waals surface area contributed by atoms with Crippen LogP contribution in [0.2, 0.25) is 0 Å². The highest BCUT2D eigenvalue weighted by molar-refractivity contribution is 6.01. The molecule has 2 heterocycles. The van der Waals surface area contributed by atoms with Crippen LogP contribution in [0.1, 0.15) is 41.8 Å². The van der Waals surface area contributed by atoms with Gasteiger partial charge in [0.25, 0.3) is 5.91 Å². The topological polar surface area (TPSA) is 80.5 Å². The van der Waals surface area contributed by atoms with Crippen molar-refractivity contribution in [3.63, 3.8) is 0 Å². The summed E-state index contributed by atoms with van der Waals surface area (Å²) in [4.78, 5) is 17.3. The van der Waals surface area contributed by atoms with Crippen molar-refractivity contribution < 1.29 is 13.9 Å². The average Bonchev–Trinajstić information content (AvgIpc) is 3.14. The van der Waals surface area contributed by atoms with E-state index >= 15 is 0 Å². The number of likely N-dealkylation sites (N-methyl/N-ethyl adjacent to an activating group) is 1. The van der Waals surface area contributed by atoms with Crippen LogP contribution in [0.4, 0.5) is 4.39 Å². The molecular formula is C22H26FN5O2. The molecule has 1 unspecified atom stereocenters. The lowest BCUT2D eigenvalue weighted by Crippen LogP contribution is -2.30. The third-order valence-electron chi connectivity index (χ3n) is 4.61. The number of hydrogen-bond acceptors (Lipinski definition) is 5. The van der Waals surface area contributed by atoms with Gasteiger partial charge in [0, 0.05) is 37.1 Å². The number of nitrogens with one attached hydrogen (secondary N) is 2. The fourth-order valence-corrected chi connectivity index (χ4v) is 3.32. The maximum Gasteiger partial charge on any atom is 0.260 e. The molecule has 0 saturated heterocycles. The van der Waals surface area contributed by atoms with Gasteiger partial charge in [-0.25, -0.2) is 13.9 Å². The van der Waals surface area contributed by atoms with Crippen molar-refractivity contribution in [3.8, 4) is 5.75 Å². The highest BCUT2D eigenvalue weighted by Crippen LogP contribution is 2.32. The summed E-state index contributed by atoms with van der Waals surface area (Å²) in [5, 5.41) is 10.3. The smallest absolute Gasteiger partial charge is 0.260 e. The number of aryl methyl sites for hydroxylation is 1. The molecule has 7 nitrogen and oxygen atoms in total. The molecule has 0 spiro atoms. The van der Waals surface area contributed by atoms with Crippen molar-refractivity contribution in [1.29, 1.82) is 0 Å². The van der Waals surface area contributed by atoms with Crippen LogP contribution in [0.25, 0.3) is 11.2 Å². The summed E-state index contributed by atoms with van der Waals surface area (Å²) >= 11 is 0. The van der Waals surface area contributed by atoms with E-state index in [4.69, 9.17) is 4.74 Å². The Morgan fingerprint density at radius 1 is 1.33 bits per heavy atom. The highest BCUT2D eigenvalue weighted by atomic mass is 19.1. The molecule has 0 aliphatic heterocycles. The second kappa shape index (κ2) is 9.49. The number of carbonyl (C=O) groups excluding carboxylic acids is 1. The molecule has 1 atom stereocenters. The minimum atomic E-state index is -1.45. The summed E-state index contributed by atoms with van der Waals surface area (Å²) in [5.41, 5.74) is 4.16. The average molecular weight is 411 g/mol. The predicted octanol–water partition coefficient (Wildman–Crippen LogP) is 3.50. The Balaban J connectivity index is 2.04. The molecule has 0 aliphatic carbocycles. The number of carbonyl (C=O) groups is 1. The van der Waals surface area contributed by atoms with Crippen LogP contribution >= 0.6 is 0 Å². The Morgan fingerprint density at radius 3 is 2.83 bits per heavy atom. The fourth-order valence-electron chi connectivity index (χ4n) is 3.32. The molecule has 0 aliphatic rings. The standard InChI is InChI=1S/C22H26FN5O2/c1-5-16(17-11-14(2)7-8-20(17)30-15(3)23)19(13-24-4)27-22(29)18-12-26-28-10-6-9-25-21(18)28/h6-12,15,24H,5,13H2,1-4H3,(H,27,29)/b19-16-. The second-order valence-electron chi connectivity index (χ2n) is 6.90. The van der Waals surface area contributed by atoms with Crippen LogP contribution in [-0.4, -0.2) is 40.5 Å². The summed E-state index contributed by atoms with van der Waals surface area (Å²) in [6.07, 6.45) is 4.01. The Labute approximate surface area is 175 Å². The van der Waals surface area contributed by atoms with Gasteiger partial charge in [-0.05, 0) is 44.2 Å². The molecule has 0 fully saturated rings. The van der Waals surface area contributed by atoms with E-state index < -0.39 is 6.36 Å². The molecule has 30 heavy (non-hydrogen) atoms. The largest absolute Gasteiger partial charge is 0.460 e. The molecular weight excluding hydrogens is 385 g/mol. The second-order valence-corrected chi connectivity index (χ2v) is 6.90. The predicted molar refractivity (Wildman–Crippen MR) is 114 cm³/mol. The van der Waals surface area contributed by atoms with E-state index in [9.17, 15) is 9.18 Å². The number of aromatic nitrogens is 3. The maximum atomic E-state index is 13.6. The van der Waals surface area contributed by atoms with Crippen molar-refractivity contribution in [2.45, 2.75) is 33.5 Å². The van der Waals surface area contributed by atoms with E-state index in [0.717, 1.165) is 16.7 Å². The number of halogens is 1. The number of nitrogens with zero attached hydrogens (tertiary/aromatic N) is 3. The summed E-state index contributed by atoms with van der Waals surface area (Å²) < 4.78 is 20.5. The van der Waals surface area contributed by atoms with Crippen molar-refractivity contribution in [1.82, 2.24) is 25.2 Å². The van der Waals surface area contributed by atoms with E-state index in [2.05, 4.69) is 20.7 Å². The van der Waals surface area contributed by atoms with Gasteiger partial charge < -0.3 is 15.4 Å². The van der Waals surface area contributed by atoms with Gasteiger partial charge in [-0.2, -0.15) is 5.10 Å². The van der Waals surface area contributed by atoms with Crippen LogP contribution in [0.5, 0.6) is 5.75 Å². The van der Waals surface area contributed by atoms with Gasteiger partial charge in [0.1, 0.15) is 11.3 Å². The molecule has 2 aromatic heterocycles. The first kappa shape index (κ1) is 21.4. The van der Waals surface area contributed by atoms with Crippen LogP contribution < -0.4 is 15.4 Å². The summed E-state index contributed by atoms with van der Waals surface area (Å²) in [5.74, 6) is 0.127. The van der Waals surface area contributed by atoms with Gasteiger partial charge in [0.2, 0.25) is 6.36 Å². The van der Waals surface area contributed by atoms with Crippen molar-refractivity contribution in [3.05, 3.63) is 65.2 Å². The van der Waals surface area contributed by atoms with Crippen molar-refractivity contribution in [2.24, 2.45) is 0 Å². The minimum Gasteiger partial charge on any atom is -0.460 e. The number of hydrogen-bond donors (Lipinski definition) is 2. The number of allylic oxidation sites excluding steroid dienone is 1. The van der Waals surface area contributed by atoms with E-state index in [1.54, 1.807) is 36.1 Å². The summed E-state index contributed by atoms with van der Waals surface area (Å²) in [6.45, 7) is 5.70. The first-order chi connectivity index (χ1) is 14.4. The van der Waals surface area contributed by atoms with Gasteiger partial charge in [-0.15, -0.1) is 0 Å². The van der Waals surface area contributed by atoms with Crippen LogP contribution in [0.15, 0.2) is 48.6 Å².